The zero-order valence-corrected chi connectivity index (χ0v) is 73.0. The normalized spacial score (nSPS) is 23.7. The minimum atomic E-state index is -0.949. The molecule has 0 saturated carbocycles. The number of hydrogen-bond acceptors (Lipinski definition) is 22. The highest BCUT2D eigenvalue weighted by molar-refractivity contribution is 5.74. The molecule has 5 aliphatic heterocycles. The third kappa shape index (κ3) is 31.7. The van der Waals surface area contributed by atoms with Gasteiger partial charge in [-0.05, 0) is 297 Å². The molecule has 1 aromatic rings. The summed E-state index contributed by atoms with van der Waals surface area (Å²) < 4.78 is 18.3. The number of aliphatic hydroxyl groups excluding tert-OH is 1. The summed E-state index contributed by atoms with van der Waals surface area (Å²) in [5.74, 6) is 1.93. The van der Waals surface area contributed by atoms with Gasteiger partial charge in [-0.2, -0.15) is 30.1 Å². The number of esters is 1. The smallest absolute Gasteiger partial charge is 0.335 e. The maximum Gasteiger partial charge on any atom is 0.335 e. The molecule has 0 radical (unpaired) electrons. The first-order chi connectivity index (χ1) is 46.7. The lowest BCUT2D eigenvalue weighted by Gasteiger charge is -2.54. The Hall–Kier alpha value is -2.52. The molecule has 0 aromatic carbocycles. The first kappa shape index (κ1) is 93.9. The highest BCUT2D eigenvalue weighted by atomic mass is 16.7. The summed E-state index contributed by atoms with van der Waals surface area (Å²) in [5, 5.41) is 57.2. The van der Waals surface area contributed by atoms with Crippen LogP contribution in [0.25, 0.3) is 0 Å². The van der Waals surface area contributed by atoms with E-state index in [1.165, 1.54) is 38.6 Å². The fraction of sp³-hybridized carbons (Fsp3) is 0.951. The van der Waals surface area contributed by atoms with Crippen LogP contribution >= 0.6 is 0 Å². The summed E-state index contributed by atoms with van der Waals surface area (Å²) in [4.78, 5) is 51.2. The van der Waals surface area contributed by atoms with Gasteiger partial charge in [0.15, 0.2) is 6.10 Å². The molecule has 1 unspecified atom stereocenters. The summed E-state index contributed by atoms with van der Waals surface area (Å²) in [5.41, 5.74) is -4.11. The predicted molar refractivity (Wildman–Crippen MR) is 423 cm³/mol. The van der Waals surface area contributed by atoms with Crippen molar-refractivity contribution in [2.75, 3.05) is 57.0 Å². The minimum absolute atomic E-state index is 0.00133. The number of hydroxylamine groups is 6. The highest BCUT2D eigenvalue weighted by Crippen LogP contribution is 2.44. The van der Waals surface area contributed by atoms with Crippen LogP contribution in [-0.2, 0) is 33.5 Å². The van der Waals surface area contributed by atoms with Gasteiger partial charge in [0.25, 0.3) is 0 Å². The van der Waals surface area contributed by atoms with Crippen LogP contribution in [0.3, 0.4) is 0 Å². The number of carbonyl (C=O) groups is 1. The molecule has 22 heteroatoms. The molecule has 22 nitrogen and oxygen atoms in total. The average Bonchev–Trinajstić information content (AvgIpc) is 0.789. The SMILES string of the molecule is CC(C)(O)CON1C(C)(C)CC(O)CC1(C)C.CCCC(OCOC1CC(C)(C)N(OCC(C)(C)O)C(C)(C)C1)C(=O)OC1CC(C)(C)N(OCC(C)(C)O)C(C)(C)C1.Cc1nc(NC(C)(C)CC(C)(C)C)nc(N(CCCCCCN(C)C2CC(C)(C)NC(C)(C)C2)C2CC(C)(C)NC(C)(C)C2)n1. The number of unbranched alkanes of at least 4 members (excludes halogenated alkanes) is 3. The molecule has 0 amide bonds. The lowest BCUT2D eigenvalue weighted by atomic mass is 9.79. The van der Waals surface area contributed by atoms with Crippen LogP contribution in [0.4, 0.5) is 11.9 Å². The molecule has 104 heavy (non-hydrogen) atoms. The van der Waals surface area contributed by atoms with Crippen molar-refractivity contribution >= 4 is 17.9 Å². The van der Waals surface area contributed by atoms with Gasteiger partial charge in [0.2, 0.25) is 11.9 Å². The fourth-order valence-corrected chi connectivity index (χ4v) is 18.5. The highest BCUT2D eigenvalue weighted by Gasteiger charge is 2.52. The van der Waals surface area contributed by atoms with Gasteiger partial charge >= 0.3 is 5.97 Å². The molecule has 0 bridgehead atoms. The van der Waals surface area contributed by atoms with E-state index >= 15 is 0 Å². The van der Waals surface area contributed by atoms with Gasteiger partial charge in [-0.3, -0.25) is 14.5 Å². The number of ether oxygens (including phenoxy) is 3. The number of aliphatic hydroxyl groups is 4. The van der Waals surface area contributed by atoms with E-state index in [9.17, 15) is 25.2 Å². The van der Waals surface area contributed by atoms with E-state index < -0.39 is 34.0 Å². The average molecular weight is 1480 g/mol. The van der Waals surface area contributed by atoms with Gasteiger partial charge in [-0.25, -0.2) is 4.79 Å². The van der Waals surface area contributed by atoms with Crippen LogP contribution in [0.1, 0.15) is 337 Å². The number of anilines is 2. The van der Waals surface area contributed by atoms with Gasteiger partial charge in [0, 0.05) is 92.4 Å². The largest absolute Gasteiger partial charge is 0.460 e. The van der Waals surface area contributed by atoms with E-state index in [4.69, 9.17) is 43.7 Å². The van der Waals surface area contributed by atoms with Crippen molar-refractivity contribution in [2.45, 2.75) is 452 Å². The maximum absolute atomic E-state index is 13.3. The Balaban J connectivity index is 0.000000361. The molecule has 5 aliphatic rings. The molecule has 0 spiro atoms. The van der Waals surface area contributed by atoms with Crippen LogP contribution in [0.5, 0.6) is 0 Å². The van der Waals surface area contributed by atoms with Crippen molar-refractivity contribution in [3.63, 3.8) is 0 Å². The Morgan fingerprint density at radius 2 is 0.913 bits per heavy atom. The number of piperidine rings is 5. The number of rotatable bonds is 30. The topological polar surface area (TPSA) is 244 Å². The standard InChI is InChI=1S/C37H72N8.C32H62N2O8.C13H27NO3/c1-27-38-30(41-37(13,14)26-32(2,3)4)40-31(39-27)45(29-24-35(9,10)43-36(11,12)25-29)21-19-17-16-18-20-44(15)28-22-33(5,6)42-34(7,8)23-28;1-14-15-25(26(35)42-24-18-29(6,7)34(30(8,9)19-24)41-21-32(12,13)37)39-22-38-23-16-27(2,3)33(28(4,5)17-23)40-20-31(10,11)36;1-11(2)7-10(15)8-12(3,4)14(11)17-9-13(5,6)16/h28-29,42-43H,16-26H2,1-15H3,(H,38,39,40,41);23-25,36-37H,14-22H2,1-13H3;10,15-16H,7-9H2,1-6H3. The quantitative estimate of drug-likeness (QED) is 0.0215. The number of carbonyl (C=O) groups excluding carboxylic acids is 1. The summed E-state index contributed by atoms with van der Waals surface area (Å²) in [6, 6.07) is 1.01. The van der Waals surface area contributed by atoms with Gasteiger partial charge in [0.05, 0.1) is 48.8 Å². The Morgan fingerprint density at radius 3 is 1.30 bits per heavy atom. The summed E-state index contributed by atoms with van der Waals surface area (Å²) in [6.45, 7) is 72.2. The van der Waals surface area contributed by atoms with Crippen LogP contribution in [0.2, 0.25) is 0 Å². The van der Waals surface area contributed by atoms with E-state index in [1.807, 2.05) is 29.0 Å². The molecule has 7 N–H and O–H groups in total. The third-order valence-electron chi connectivity index (χ3n) is 20.5. The van der Waals surface area contributed by atoms with Gasteiger partial charge in [-0.1, -0.05) is 47.0 Å². The lowest BCUT2D eigenvalue weighted by molar-refractivity contribution is -0.312. The van der Waals surface area contributed by atoms with E-state index in [2.05, 4.69) is 206 Å². The third-order valence-corrected chi connectivity index (χ3v) is 20.5. The molecule has 6 rings (SSSR count). The Bertz CT molecular complexity index is 2710. The number of aromatic nitrogens is 3. The number of aryl methyl sites for hydroxylation is 1. The maximum atomic E-state index is 13.3. The number of nitrogens with one attached hydrogen (secondary N) is 3. The van der Waals surface area contributed by atoms with E-state index in [-0.39, 0.29) is 106 Å². The molecule has 0 aliphatic carbocycles. The first-order valence-corrected chi connectivity index (χ1v) is 39.8. The van der Waals surface area contributed by atoms with Crippen LogP contribution in [0, 0.1) is 12.3 Å². The summed E-state index contributed by atoms with van der Waals surface area (Å²) >= 11 is 0. The molecular weight excluding hydrogens is 1310 g/mol. The first-order valence-electron chi connectivity index (χ1n) is 39.8. The van der Waals surface area contributed by atoms with Crippen molar-refractivity contribution in [1.82, 2.24) is 45.7 Å². The number of hydrogen-bond donors (Lipinski definition) is 7. The van der Waals surface area contributed by atoms with Crippen molar-refractivity contribution in [1.29, 1.82) is 0 Å². The molecular formula is C82H161N11O11. The van der Waals surface area contributed by atoms with Crippen molar-refractivity contribution < 1.29 is 53.9 Å². The van der Waals surface area contributed by atoms with Gasteiger partial charge in [0.1, 0.15) is 18.7 Å². The van der Waals surface area contributed by atoms with Crippen LogP contribution in [-0.4, -0.2) is 222 Å². The van der Waals surface area contributed by atoms with Crippen molar-refractivity contribution in [2.24, 2.45) is 5.41 Å². The van der Waals surface area contributed by atoms with Crippen LogP contribution < -0.4 is 20.9 Å². The van der Waals surface area contributed by atoms with E-state index in [0.29, 0.717) is 63.0 Å². The van der Waals surface area contributed by atoms with Crippen molar-refractivity contribution in [3.05, 3.63) is 5.82 Å². The predicted octanol–water partition coefficient (Wildman–Crippen LogP) is 14.6. The van der Waals surface area contributed by atoms with E-state index in [0.717, 1.165) is 50.4 Å². The molecule has 1 aromatic heterocycles. The summed E-state index contributed by atoms with van der Waals surface area (Å²) in [6.07, 6.45) is 14.4. The minimum Gasteiger partial charge on any atom is -0.460 e. The lowest BCUT2D eigenvalue weighted by Crippen LogP contribution is -2.63. The second kappa shape index (κ2) is 35.5. The summed E-state index contributed by atoms with van der Waals surface area (Å²) in [7, 11) is 2.34. The molecule has 610 valence electrons. The molecule has 5 saturated heterocycles. The Kier molecular flexibility index (Phi) is 32.0. The zero-order chi connectivity index (χ0) is 79.9. The van der Waals surface area contributed by atoms with Gasteiger partial charge < -0.3 is 60.4 Å². The second-order valence-electron chi connectivity index (χ2n) is 42.6. The molecule has 1 atom stereocenters. The number of nitrogens with zero attached hydrogens (tertiary/aromatic N) is 8. The van der Waals surface area contributed by atoms with E-state index in [1.54, 1.807) is 41.5 Å². The monoisotopic (exact) mass is 1480 g/mol. The van der Waals surface area contributed by atoms with Gasteiger partial charge in [-0.15, -0.1) is 0 Å². The molecule has 5 fully saturated rings. The Labute approximate surface area is 634 Å². The van der Waals surface area contributed by atoms with Crippen molar-refractivity contribution in [3.8, 4) is 0 Å². The zero-order valence-electron chi connectivity index (χ0n) is 73.0. The second-order valence-corrected chi connectivity index (χ2v) is 42.6. The van der Waals surface area contributed by atoms with Crippen LogP contribution in [0.15, 0.2) is 0 Å². The fourth-order valence-electron chi connectivity index (χ4n) is 18.5. The molecule has 6 heterocycles. The Morgan fingerprint density at radius 1 is 0.538 bits per heavy atom.